The summed E-state index contributed by atoms with van der Waals surface area (Å²) in [6.07, 6.45) is 42.1. The van der Waals surface area contributed by atoms with Gasteiger partial charge in [0.25, 0.3) is 0 Å². The second kappa shape index (κ2) is 34.3. The largest absolute Gasteiger partial charge is 0.394 e. The zero-order valence-corrected chi connectivity index (χ0v) is 29.6. The van der Waals surface area contributed by atoms with Crippen LogP contribution in [0.4, 0.5) is 0 Å². The lowest BCUT2D eigenvalue weighted by atomic mass is 9.92. The highest BCUT2D eigenvalue weighted by molar-refractivity contribution is 5.76. The zero-order valence-electron chi connectivity index (χ0n) is 29.6. The number of rotatable bonds is 36. The first kappa shape index (κ1) is 42.4. The third-order valence-electron chi connectivity index (χ3n) is 9.53. The minimum atomic E-state index is -0.859. The smallest absolute Gasteiger partial charge is 0.220 e. The molecule has 0 aromatic rings. The van der Waals surface area contributed by atoms with E-state index in [2.05, 4.69) is 19.2 Å². The Labute approximate surface area is 270 Å². The van der Waals surface area contributed by atoms with E-state index in [1.165, 1.54) is 173 Å². The summed E-state index contributed by atoms with van der Waals surface area (Å²) in [6, 6.07) is 0. The molecule has 0 fully saturated rings. The average Bonchev–Trinajstić information content (AvgIpc) is 3.02. The van der Waals surface area contributed by atoms with Crippen LogP contribution in [0.3, 0.4) is 0 Å². The number of aliphatic hydroxyl groups is 2. The molecule has 0 aromatic heterocycles. The van der Waals surface area contributed by atoms with Crippen molar-refractivity contribution in [3.63, 3.8) is 0 Å². The Balaban J connectivity index is 3.63. The Kier molecular flexibility index (Phi) is 33.8. The summed E-state index contributed by atoms with van der Waals surface area (Å²) >= 11 is 0. The summed E-state index contributed by atoms with van der Waals surface area (Å²) in [6.45, 7) is 4.18. The number of unbranched alkanes of at least 4 members (excludes halogenated alkanes) is 29. The van der Waals surface area contributed by atoms with Crippen LogP contribution in [0.5, 0.6) is 0 Å². The monoisotopic (exact) mass is 610 g/mol. The normalized spacial score (nSPS) is 11.8. The maximum absolute atomic E-state index is 12.5. The molecule has 3 N–H and O–H groups in total. The lowest BCUT2D eigenvalue weighted by molar-refractivity contribution is -0.124. The molecule has 0 aliphatic carbocycles. The van der Waals surface area contributed by atoms with E-state index in [1.807, 2.05) is 0 Å². The minimum Gasteiger partial charge on any atom is -0.394 e. The average molecular weight is 610 g/mol. The fraction of sp³-hybridized carbons (Fsp3) is 0.974. The third-order valence-corrected chi connectivity index (χ3v) is 9.53. The van der Waals surface area contributed by atoms with Crippen LogP contribution in [0.2, 0.25) is 0 Å². The van der Waals surface area contributed by atoms with Crippen LogP contribution in [-0.2, 0) is 4.79 Å². The highest BCUT2D eigenvalue weighted by Crippen LogP contribution is 2.19. The topological polar surface area (TPSA) is 69.6 Å². The number of carbonyl (C=O) groups is 1. The Bertz CT molecular complexity index is 549. The quantitative estimate of drug-likeness (QED) is 0.0619. The van der Waals surface area contributed by atoms with Crippen LogP contribution in [0, 0.1) is 0 Å². The summed E-state index contributed by atoms with van der Waals surface area (Å²) in [5.41, 5.74) is -0.859. The van der Waals surface area contributed by atoms with Gasteiger partial charge in [-0.25, -0.2) is 0 Å². The van der Waals surface area contributed by atoms with Gasteiger partial charge in [0.15, 0.2) is 0 Å². The van der Waals surface area contributed by atoms with Gasteiger partial charge in [-0.15, -0.1) is 0 Å². The number of amides is 1. The van der Waals surface area contributed by atoms with E-state index in [4.69, 9.17) is 0 Å². The van der Waals surface area contributed by atoms with Gasteiger partial charge in [0, 0.05) is 6.42 Å². The van der Waals surface area contributed by atoms with Crippen molar-refractivity contribution in [1.29, 1.82) is 0 Å². The number of hydrogen-bond donors (Lipinski definition) is 3. The first-order valence-electron chi connectivity index (χ1n) is 19.7. The molecule has 0 saturated carbocycles. The van der Waals surface area contributed by atoms with Gasteiger partial charge < -0.3 is 15.5 Å². The molecule has 0 aliphatic rings. The van der Waals surface area contributed by atoms with E-state index in [0.29, 0.717) is 12.8 Å². The van der Waals surface area contributed by atoms with E-state index in [1.54, 1.807) is 0 Å². The summed E-state index contributed by atoms with van der Waals surface area (Å²) in [5.74, 6) is -0.0192. The van der Waals surface area contributed by atoms with Crippen molar-refractivity contribution >= 4 is 5.91 Å². The molecule has 0 atom stereocenters. The van der Waals surface area contributed by atoms with Crippen LogP contribution >= 0.6 is 0 Å². The molecule has 0 unspecified atom stereocenters. The fourth-order valence-corrected chi connectivity index (χ4v) is 6.38. The van der Waals surface area contributed by atoms with E-state index in [9.17, 15) is 15.0 Å². The van der Waals surface area contributed by atoms with Crippen LogP contribution < -0.4 is 5.32 Å². The minimum absolute atomic E-state index is 0.0192. The standard InChI is InChI=1S/C39H79NO3/c1-3-5-7-9-11-13-15-17-19-21-23-25-27-29-31-33-35-39(36-41,37-42)40-38(43)34-32-30-28-26-24-22-20-18-16-14-12-10-8-6-4-2/h41-42H,3-37H2,1-2H3,(H,40,43). The van der Waals surface area contributed by atoms with Crippen molar-refractivity contribution in [2.45, 2.75) is 231 Å². The lowest BCUT2D eigenvalue weighted by Gasteiger charge is -2.31. The lowest BCUT2D eigenvalue weighted by Crippen LogP contribution is -2.54. The van der Waals surface area contributed by atoms with E-state index in [0.717, 1.165) is 25.7 Å². The van der Waals surface area contributed by atoms with Crippen LogP contribution in [0.15, 0.2) is 0 Å². The predicted octanol–water partition coefficient (Wildman–Crippen LogP) is 11.7. The van der Waals surface area contributed by atoms with Gasteiger partial charge in [-0.1, -0.05) is 206 Å². The van der Waals surface area contributed by atoms with Crippen molar-refractivity contribution < 1.29 is 15.0 Å². The van der Waals surface area contributed by atoms with Crippen molar-refractivity contribution in [3.05, 3.63) is 0 Å². The summed E-state index contributed by atoms with van der Waals surface area (Å²) in [7, 11) is 0. The molecule has 0 aromatic carbocycles. The molecule has 43 heavy (non-hydrogen) atoms. The third kappa shape index (κ3) is 29.8. The Hall–Kier alpha value is -0.610. The van der Waals surface area contributed by atoms with E-state index < -0.39 is 5.54 Å². The van der Waals surface area contributed by atoms with Gasteiger partial charge in [-0.3, -0.25) is 4.79 Å². The van der Waals surface area contributed by atoms with Crippen LogP contribution in [0.25, 0.3) is 0 Å². The zero-order chi connectivity index (χ0) is 31.5. The molecule has 1 amide bonds. The van der Waals surface area contributed by atoms with Crippen molar-refractivity contribution in [1.82, 2.24) is 5.32 Å². The molecule has 0 aliphatic heterocycles. The molecule has 0 heterocycles. The van der Waals surface area contributed by atoms with Crippen molar-refractivity contribution in [3.8, 4) is 0 Å². The molecule has 0 spiro atoms. The van der Waals surface area contributed by atoms with Crippen LogP contribution in [-0.4, -0.2) is 34.9 Å². The number of carbonyl (C=O) groups excluding carboxylic acids is 1. The number of aliphatic hydroxyl groups excluding tert-OH is 2. The Morgan fingerprint density at radius 1 is 0.419 bits per heavy atom. The highest BCUT2D eigenvalue weighted by atomic mass is 16.3. The van der Waals surface area contributed by atoms with Crippen molar-refractivity contribution in [2.24, 2.45) is 0 Å². The molecule has 0 bridgehead atoms. The van der Waals surface area contributed by atoms with E-state index >= 15 is 0 Å². The van der Waals surface area contributed by atoms with Gasteiger partial charge in [-0.05, 0) is 12.8 Å². The molecule has 0 saturated heterocycles. The molecule has 4 heteroatoms. The summed E-state index contributed by atoms with van der Waals surface area (Å²) in [5, 5.41) is 23.0. The SMILES string of the molecule is CCCCCCCCCCCCCCCCCCC(CO)(CO)NC(=O)CCCCCCCCCCCCCCCCC. The number of nitrogens with one attached hydrogen (secondary N) is 1. The first-order valence-corrected chi connectivity index (χ1v) is 19.7. The van der Waals surface area contributed by atoms with Crippen LogP contribution in [0.1, 0.15) is 226 Å². The van der Waals surface area contributed by atoms with Crippen molar-refractivity contribution in [2.75, 3.05) is 13.2 Å². The summed E-state index contributed by atoms with van der Waals surface area (Å²) in [4.78, 5) is 12.5. The van der Waals surface area contributed by atoms with Gasteiger partial charge >= 0.3 is 0 Å². The maximum Gasteiger partial charge on any atom is 0.220 e. The Morgan fingerprint density at radius 2 is 0.674 bits per heavy atom. The van der Waals surface area contributed by atoms with Gasteiger partial charge in [0.05, 0.1) is 18.8 Å². The van der Waals surface area contributed by atoms with Gasteiger partial charge in [0.1, 0.15) is 0 Å². The molecule has 4 nitrogen and oxygen atoms in total. The maximum atomic E-state index is 12.5. The fourth-order valence-electron chi connectivity index (χ4n) is 6.38. The predicted molar refractivity (Wildman–Crippen MR) is 189 cm³/mol. The second-order valence-electron chi connectivity index (χ2n) is 13.9. The van der Waals surface area contributed by atoms with Gasteiger partial charge in [0.2, 0.25) is 5.91 Å². The molecular formula is C39H79NO3. The molecule has 0 rings (SSSR count). The Morgan fingerprint density at radius 3 is 0.953 bits per heavy atom. The molecule has 258 valence electrons. The number of hydrogen-bond acceptors (Lipinski definition) is 3. The molecular weight excluding hydrogens is 530 g/mol. The second-order valence-corrected chi connectivity index (χ2v) is 13.9. The first-order chi connectivity index (χ1) is 21.1. The summed E-state index contributed by atoms with van der Waals surface area (Å²) < 4.78 is 0. The molecule has 0 radical (unpaired) electrons. The van der Waals surface area contributed by atoms with E-state index in [-0.39, 0.29) is 19.1 Å². The van der Waals surface area contributed by atoms with Gasteiger partial charge in [-0.2, -0.15) is 0 Å². The highest BCUT2D eigenvalue weighted by Gasteiger charge is 2.29.